The maximum Gasteiger partial charge on any atom is 0.133 e. The largest absolute Gasteiger partial charge is 0.497 e. The van der Waals surface area contributed by atoms with Crippen LogP contribution in [0.15, 0.2) is 97.2 Å². The Morgan fingerprint density at radius 1 is 0.700 bits per heavy atom. The predicted octanol–water partition coefficient (Wildman–Crippen LogP) is 6.13. The minimum Gasteiger partial charge on any atom is -0.497 e. The van der Waals surface area contributed by atoms with Crippen LogP contribution in [0.3, 0.4) is 0 Å². The first-order valence-corrected chi connectivity index (χ1v) is 10.0. The molecule has 4 rings (SSSR count). The maximum absolute atomic E-state index is 6.74. The molecule has 0 aliphatic rings. The zero-order chi connectivity index (χ0) is 21.0. The Labute approximate surface area is 181 Å². The molecule has 1 aromatic heterocycles. The van der Waals surface area contributed by atoms with Gasteiger partial charge in [0.05, 0.1) is 19.6 Å². The smallest absolute Gasteiger partial charge is 0.133 e. The molecule has 0 unspecified atom stereocenters. The highest BCUT2D eigenvalue weighted by molar-refractivity contribution is 6.30. The topological polar surface area (TPSA) is 31.4 Å². The van der Waals surface area contributed by atoms with Crippen LogP contribution < -0.4 is 9.47 Å². The Hall–Kier alpha value is -3.30. The van der Waals surface area contributed by atoms with Crippen molar-refractivity contribution in [3.63, 3.8) is 0 Å². The summed E-state index contributed by atoms with van der Waals surface area (Å²) in [6.07, 6.45) is 1.71. The summed E-state index contributed by atoms with van der Waals surface area (Å²) in [5, 5.41) is 0.447. The molecule has 0 atom stereocenters. The van der Waals surface area contributed by atoms with Gasteiger partial charge < -0.3 is 9.47 Å². The van der Waals surface area contributed by atoms with Crippen molar-refractivity contribution in [1.29, 1.82) is 0 Å². The molecule has 0 bridgehead atoms. The SMILES string of the molecule is COc1ccc(C(c2ccccc2)(c2ccccc2)c2cccnc2Cl)c(OC)c1. The van der Waals surface area contributed by atoms with Crippen LogP contribution in [0.2, 0.25) is 5.15 Å². The number of aromatic nitrogens is 1. The highest BCUT2D eigenvalue weighted by Crippen LogP contribution is 2.50. The highest BCUT2D eigenvalue weighted by Gasteiger charge is 2.42. The number of pyridine rings is 1. The number of halogens is 1. The molecule has 30 heavy (non-hydrogen) atoms. The molecule has 0 spiro atoms. The third kappa shape index (κ3) is 3.31. The Morgan fingerprint density at radius 2 is 1.33 bits per heavy atom. The molecule has 0 amide bonds. The van der Waals surface area contributed by atoms with E-state index >= 15 is 0 Å². The van der Waals surface area contributed by atoms with E-state index in [-0.39, 0.29) is 0 Å². The quantitative estimate of drug-likeness (QED) is 0.280. The van der Waals surface area contributed by atoms with E-state index in [0.29, 0.717) is 10.9 Å². The Bertz CT molecular complexity index is 1090. The van der Waals surface area contributed by atoms with Gasteiger partial charge in [0.25, 0.3) is 0 Å². The van der Waals surface area contributed by atoms with Crippen LogP contribution in [0.25, 0.3) is 0 Å². The summed E-state index contributed by atoms with van der Waals surface area (Å²) in [6, 6.07) is 30.4. The first-order valence-electron chi connectivity index (χ1n) is 9.66. The van der Waals surface area contributed by atoms with Crippen LogP contribution >= 0.6 is 11.6 Å². The fraction of sp³-hybridized carbons (Fsp3) is 0.115. The van der Waals surface area contributed by atoms with E-state index in [1.54, 1.807) is 20.4 Å². The monoisotopic (exact) mass is 415 g/mol. The van der Waals surface area contributed by atoms with Gasteiger partial charge in [-0.25, -0.2) is 4.98 Å². The lowest BCUT2D eigenvalue weighted by Crippen LogP contribution is -2.32. The lowest BCUT2D eigenvalue weighted by atomic mass is 9.65. The number of methoxy groups -OCH3 is 2. The van der Waals surface area contributed by atoms with Gasteiger partial charge in [-0.3, -0.25) is 0 Å². The second-order valence-electron chi connectivity index (χ2n) is 6.89. The molecule has 0 aliphatic carbocycles. The van der Waals surface area contributed by atoms with Gasteiger partial charge in [-0.05, 0) is 23.3 Å². The Morgan fingerprint density at radius 3 is 1.87 bits per heavy atom. The van der Waals surface area contributed by atoms with Gasteiger partial charge in [0, 0.05) is 23.4 Å². The third-order valence-corrected chi connectivity index (χ3v) is 5.69. The molecule has 0 N–H and O–H groups in total. The summed E-state index contributed by atoms with van der Waals surface area (Å²) in [6.45, 7) is 0. The van der Waals surface area contributed by atoms with Crippen LogP contribution in [-0.2, 0) is 5.41 Å². The van der Waals surface area contributed by atoms with E-state index < -0.39 is 5.41 Å². The summed E-state index contributed by atoms with van der Waals surface area (Å²) >= 11 is 6.74. The molecular weight excluding hydrogens is 394 g/mol. The van der Waals surface area contributed by atoms with Crippen molar-refractivity contribution in [3.05, 3.63) is 125 Å². The zero-order valence-electron chi connectivity index (χ0n) is 16.9. The molecule has 0 aliphatic heterocycles. The molecule has 150 valence electrons. The maximum atomic E-state index is 6.74. The summed E-state index contributed by atoms with van der Waals surface area (Å²) in [5.41, 5.74) is 3.24. The van der Waals surface area contributed by atoms with Gasteiger partial charge >= 0.3 is 0 Å². The lowest BCUT2D eigenvalue weighted by Gasteiger charge is -2.37. The number of rotatable bonds is 6. The Balaban J connectivity index is 2.19. The van der Waals surface area contributed by atoms with E-state index in [4.69, 9.17) is 21.1 Å². The Kier molecular flexibility index (Phi) is 5.73. The third-order valence-electron chi connectivity index (χ3n) is 5.39. The number of nitrogens with zero attached hydrogens (tertiary/aromatic N) is 1. The van der Waals surface area contributed by atoms with Crippen molar-refractivity contribution in [3.8, 4) is 11.5 Å². The molecule has 3 aromatic carbocycles. The van der Waals surface area contributed by atoms with Crippen LogP contribution in [0.4, 0.5) is 0 Å². The highest BCUT2D eigenvalue weighted by atomic mass is 35.5. The molecule has 4 heteroatoms. The van der Waals surface area contributed by atoms with E-state index in [2.05, 4.69) is 29.2 Å². The van der Waals surface area contributed by atoms with Crippen molar-refractivity contribution < 1.29 is 9.47 Å². The molecule has 0 fully saturated rings. The zero-order valence-corrected chi connectivity index (χ0v) is 17.6. The van der Waals surface area contributed by atoms with Crippen molar-refractivity contribution in [2.24, 2.45) is 0 Å². The molecule has 3 nitrogen and oxygen atoms in total. The molecule has 0 radical (unpaired) electrons. The van der Waals surface area contributed by atoms with Gasteiger partial charge in [-0.15, -0.1) is 0 Å². The van der Waals surface area contributed by atoms with Crippen LogP contribution in [0, 0.1) is 0 Å². The summed E-state index contributed by atoms with van der Waals surface area (Å²) in [5.74, 6) is 1.44. The number of ether oxygens (including phenoxy) is 2. The number of hydrogen-bond donors (Lipinski definition) is 0. The van der Waals surface area contributed by atoms with Crippen molar-refractivity contribution in [2.75, 3.05) is 14.2 Å². The fourth-order valence-electron chi connectivity index (χ4n) is 4.08. The van der Waals surface area contributed by atoms with E-state index in [1.807, 2.05) is 66.7 Å². The molecule has 0 saturated heterocycles. The van der Waals surface area contributed by atoms with E-state index in [1.165, 1.54) is 0 Å². The van der Waals surface area contributed by atoms with E-state index in [0.717, 1.165) is 28.0 Å². The fourth-order valence-corrected chi connectivity index (χ4v) is 4.35. The summed E-state index contributed by atoms with van der Waals surface area (Å²) in [4.78, 5) is 4.41. The molecule has 0 saturated carbocycles. The number of hydrogen-bond acceptors (Lipinski definition) is 3. The predicted molar refractivity (Wildman–Crippen MR) is 121 cm³/mol. The average Bonchev–Trinajstić information content (AvgIpc) is 2.82. The minimum absolute atomic E-state index is 0.447. The normalized spacial score (nSPS) is 11.2. The van der Waals surface area contributed by atoms with Gasteiger partial charge in [0.1, 0.15) is 16.7 Å². The first-order chi connectivity index (χ1) is 14.7. The van der Waals surface area contributed by atoms with Gasteiger partial charge in [-0.2, -0.15) is 0 Å². The molecular formula is C26H22ClNO2. The van der Waals surface area contributed by atoms with Crippen LogP contribution in [0.1, 0.15) is 22.3 Å². The molecule has 1 heterocycles. The van der Waals surface area contributed by atoms with Crippen molar-refractivity contribution in [2.45, 2.75) is 5.41 Å². The van der Waals surface area contributed by atoms with Crippen molar-refractivity contribution in [1.82, 2.24) is 4.98 Å². The van der Waals surface area contributed by atoms with Crippen LogP contribution in [-0.4, -0.2) is 19.2 Å². The van der Waals surface area contributed by atoms with Gasteiger partial charge in [0.2, 0.25) is 0 Å². The molecule has 4 aromatic rings. The second-order valence-corrected chi connectivity index (χ2v) is 7.25. The summed E-state index contributed by atoms with van der Waals surface area (Å²) < 4.78 is 11.3. The minimum atomic E-state index is -0.731. The first kappa shape index (κ1) is 20.0. The van der Waals surface area contributed by atoms with E-state index in [9.17, 15) is 0 Å². The summed E-state index contributed by atoms with van der Waals surface area (Å²) in [7, 11) is 3.32. The van der Waals surface area contributed by atoms with Gasteiger partial charge in [0.15, 0.2) is 0 Å². The van der Waals surface area contributed by atoms with Crippen molar-refractivity contribution >= 4 is 11.6 Å². The van der Waals surface area contributed by atoms with Gasteiger partial charge in [-0.1, -0.05) is 84.4 Å². The second kappa shape index (κ2) is 8.60. The van der Waals surface area contributed by atoms with Crippen LogP contribution in [0.5, 0.6) is 11.5 Å². The number of benzene rings is 3. The average molecular weight is 416 g/mol. The lowest BCUT2D eigenvalue weighted by molar-refractivity contribution is 0.388. The standard InChI is InChI=1S/C26H22ClNO2/c1-29-21-15-16-22(24(18-21)30-2)26(19-10-5-3-6-11-19,20-12-7-4-8-13-20)23-14-9-17-28-25(23)27/h3-18H,1-2H3.